The highest BCUT2D eigenvalue weighted by atomic mass is 15.3. The van der Waals surface area contributed by atoms with Crippen molar-refractivity contribution in [3.8, 4) is 0 Å². The van der Waals surface area contributed by atoms with Crippen LogP contribution in [-0.4, -0.2) is 25.1 Å². The quantitative estimate of drug-likeness (QED) is 0.490. The molecule has 0 radical (unpaired) electrons. The summed E-state index contributed by atoms with van der Waals surface area (Å²) in [4.78, 5) is 0. The van der Waals surface area contributed by atoms with Gasteiger partial charge in [0.1, 0.15) is 6.54 Å². The lowest BCUT2D eigenvalue weighted by Gasteiger charge is -2.30. The Kier molecular flexibility index (Phi) is 5.43. The average molecular weight is 232 g/mol. The van der Waals surface area contributed by atoms with E-state index in [1.165, 1.54) is 36.9 Å². The van der Waals surface area contributed by atoms with Gasteiger partial charge in [-0.2, -0.15) is 0 Å². The monoisotopic (exact) mass is 232 g/mol. The van der Waals surface area contributed by atoms with Crippen LogP contribution in [0.1, 0.15) is 37.3 Å². The first-order valence-corrected chi connectivity index (χ1v) is 6.61. The van der Waals surface area contributed by atoms with Crippen molar-refractivity contribution >= 4 is 6.08 Å². The summed E-state index contributed by atoms with van der Waals surface area (Å²) >= 11 is 0. The number of benzene rings is 1. The molecule has 0 aliphatic rings. The Balaban J connectivity index is 2.65. The molecule has 0 heterocycles. The molecule has 0 bridgehead atoms. The first-order chi connectivity index (χ1) is 8.09. The Morgan fingerprint density at radius 3 is 2.53 bits per heavy atom. The topological polar surface area (TPSA) is 0 Å². The van der Waals surface area contributed by atoms with Gasteiger partial charge in [-0.3, -0.25) is 0 Å². The highest BCUT2D eigenvalue weighted by molar-refractivity contribution is 5.51. The van der Waals surface area contributed by atoms with Gasteiger partial charge in [0.2, 0.25) is 0 Å². The van der Waals surface area contributed by atoms with Crippen molar-refractivity contribution in [2.45, 2.75) is 32.7 Å². The van der Waals surface area contributed by atoms with Gasteiger partial charge in [-0.1, -0.05) is 50.3 Å². The van der Waals surface area contributed by atoms with Crippen LogP contribution in [0, 0.1) is 0 Å². The molecule has 0 saturated heterocycles. The molecule has 0 aliphatic heterocycles. The molecule has 0 N–H and O–H groups in total. The molecule has 0 aromatic heterocycles. The maximum atomic E-state index is 3.89. The molecular formula is C16H26N+. The van der Waals surface area contributed by atoms with E-state index >= 15 is 0 Å². The lowest BCUT2D eigenvalue weighted by molar-refractivity contribution is -0.903. The second kappa shape index (κ2) is 6.61. The molecule has 0 atom stereocenters. The predicted octanol–water partition coefficient (Wildman–Crippen LogP) is 4.10. The smallest absolute Gasteiger partial charge is 0.105 e. The minimum absolute atomic E-state index is 1.06. The molecule has 1 heteroatoms. The summed E-state index contributed by atoms with van der Waals surface area (Å²) in [6.45, 7) is 8.49. The van der Waals surface area contributed by atoms with Crippen molar-refractivity contribution < 1.29 is 4.48 Å². The first-order valence-electron chi connectivity index (χ1n) is 6.61. The van der Waals surface area contributed by atoms with Gasteiger partial charge >= 0.3 is 0 Å². The molecule has 0 amide bonds. The summed E-state index contributed by atoms with van der Waals surface area (Å²) in [6.07, 6.45) is 5.91. The number of hydrogen-bond acceptors (Lipinski definition) is 0. The van der Waals surface area contributed by atoms with E-state index in [1.807, 2.05) is 6.08 Å². The highest BCUT2D eigenvalue weighted by Gasteiger charge is 2.16. The van der Waals surface area contributed by atoms with Crippen LogP contribution >= 0.6 is 0 Å². The van der Waals surface area contributed by atoms with E-state index in [0.29, 0.717) is 0 Å². The second-order valence-corrected chi connectivity index (χ2v) is 5.43. The Morgan fingerprint density at radius 2 is 1.88 bits per heavy atom. The zero-order chi connectivity index (χ0) is 12.7. The molecule has 0 unspecified atom stereocenters. The van der Waals surface area contributed by atoms with Gasteiger partial charge in [0.05, 0.1) is 20.6 Å². The summed E-state index contributed by atoms with van der Waals surface area (Å²) in [6, 6.07) is 8.57. The zero-order valence-electron chi connectivity index (χ0n) is 11.6. The third-order valence-corrected chi connectivity index (χ3v) is 3.24. The standard InChI is InChI=1S/C16H26N/c1-5-7-10-13-17(3,4)14-16-12-9-8-11-15(16)6-2/h6,8-9,11-12H,2,5,7,10,13-14H2,1,3-4H3/q+1. The summed E-state index contributed by atoms with van der Waals surface area (Å²) in [5.41, 5.74) is 2.68. The fourth-order valence-electron chi connectivity index (χ4n) is 2.21. The number of hydrogen-bond donors (Lipinski definition) is 0. The number of quaternary nitrogens is 1. The fraction of sp³-hybridized carbons (Fsp3) is 0.500. The molecule has 0 spiro atoms. The zero-order valence-corrected chi connectivity index (χ0v) is 11.6. The molecule has 0 saturated carbocycles. The van der Waals surface area contributed by atoms with Gasteiger partial charge < -0.3 is 4.48 Å². The van der Waals surface area contributed by atoms with Gasteiger partial charge in [-0.25, -0.2) is 0 Å². The normalized spacial score (nSPS) is 11.5. The maximum Gasteiger partial charge on any atom is 0.105 e. The van der Waals surface area contributed by atoms with Crippen molar-refractivity contribution in [3.63, 3.8) is 0 Å². The molecule has 94 valence electrons. The lowest BCUT2D eigenvalue weighted by Crippen LogP contribution is -2.39. The van der Waals surface area contributed by atoms with Crippen molar-refractivity contribution in [2.75, 3.05) is 20.6 Å². The van der Waals surface area contributed by atoms with E-state index in [0.717, 1.165) is 11.0 Å². The van der Waals surface area contributed by atoms with Crippen LogP contribution in [0.25, 0.3) is 6.08 Å². The molecule has 0 fully saturated rings. The van der Waals surface area contributed by atoms with Gasteiger partial charge in [0.25, 0.3) is 0 Å². The minimum atomic E-state index is 1.06. The molecule has 1 aromatic rings. The van der Waals surface area contributed by atoms with Crippen LogP contribution in [0.4, 0.5) is 0 Å². The van der Waals surface area contributed by atoms with E-state index in [-0.39, 0.29) is 0 Å². The van der Waals surface area contributed by atoms with Crippen LogP contribution in [0.3, 0.4) is 0 Å². The average Bonchev–Trinajstić information content (AvgIpc) is 2.29. The molecule has 1 rings (SSSR count). The SMILES string of the molecule is C=Cc1ccccc1C[N+](C)(C)CCCCC. The van der Waals surface area contributed by atoms with E-state index < -0.39 is 0 Å². The number of nitrogens with zero attached hydrogens (tertiary/aromatic N) is 1. The third kappa shape index (κ3) is 4.74. The third-order valence-electron chi connectivity index (χ3n) is 3.24. The summed E-state index contributed by atoms with van der Waals surface area (Å²) < 4.78 is 1.06. The van der Waals surface area contributed by atoms with Gasteiger partial charge in [0, 0.05) is 5.56 Å². The highest BCUT2D eigenvalue weighted by Crippen LogP contribution is 2.16. The van der Waals surface area contributed by atoms with Crippen molar-refractivity contribution in [1.29, 1.82) is 0 Å². The molecule has 1 nitrogen and oxygen atoms in total. The van der Waals surface area contributed by atoms with E-state index in [4.69, 9.17) is 0 Å². The lowest BCUT2D eigenvalue weighted by atomic mass is 10.1. The molecule has 1 aromatic carbocycles. The van der Waals surface area contributed by atoms with E-state index in [2.05, 4.69) is 51.9 Å². The number of unbranched alkanes of at least 4 members (excludes halogenated alkanes) is 2. The van der Waals surface area contributed by atoms with Crippen molar-refractivity contribution in [2.24, 2.45) is 0 Å². The summed E-state index contributed by atoms with van der Waals surface area (Å²) in [5.74, 6) is 0. The molecule has 17 heavy (non-hydrogen) atoms. The Bertz CT molecular complexity index is 352. The van der Waals surface area contributed by atoms with Gasteiger partial charge in [-0.15, -0.1) is 0 Å². The first kappa shape index (κ1) is 14.0. The Labute approximate surface area is 106 Å². The molecular weight excluding hydrogens is 206 g/mol. The Hall–Kier alpha value is -1.08. The van der Waals surface area contributed by atoms with Crippen LogP contribution < -0.4 is 0 Å². The van der Waals surface area contributed by atoms with Crippen LogP contribution in [0.2, 0.25) is 0 Å². The van der Waals surface area contributed by atoms with Crippen LogP contribution in [0.15, 0.2) is 30.8 Å². The van der Waals surface area contributed by atoms with E-state index in [1.54, 1.807) is 0 Å². The van der Waals surface area contributed by atoms with E-state index in [9.17, 15) is 0 Å². The second-order valence-electron chi connectivity index (χ2n) is 5.43. The number of rotatable bonds is 7. The van der Waals surface area contributed by atoms with Crippen molar-refractivity contribution in [1.82, 2.24) is 0 Å². The van der Waals surface area contributed by atoms with Crippen LogP contribution in [-0.2, 0) is 6.54 Å². The van der Waals surface area contributed by atoms with Crippen molar-refractivity contribution in [3.05, 3.63) is 42.0 Å². The largest absolute Gasteiger partial charge is 0.325 e. The van der Waals surface area contributed by atoms with Crippen LogP contribution in [0.5, 0.6) is 0 Å². The predicted molar refractivity (Wildman–Crippen MR) is 76.7 cm³/mol. The summed E-state index contributed by atoms with van der Waals surface area (Å²) in [7, 11) is 4.63. The molecule has 0 aliphatic carbocycles. The van der Waals surface area contributed by atoms with Gasteiger partial charge in [0.15, 0.2) is 0 Å². The summed E-state index contributed by atoms with van der Waals surface area (Å²) in [5, 5.41) is 0. The maximum absolute atomic E-state index is 3.89. The van der Waals surface area contributed by atoms with Gasteiger partial charge in [-0.05, 0) is 18.4 Å². The minimum Gasteiger partial charge on any atom is -0.325 e. The fourth-order valence-corrected chi connectivity index (χ4v) is 2.21. The Morgan fingerprint density at radius 1 is 1.18 bits per heavy atom.